The summed E-state index contributed by atoms with van der Waals surface area (Å²) in [6, 6.07) is 13.2. The van der Waals surface area contributed by atoms with Crippen LogP contribution in [-0.4, -0.2) is 10.9 Å². The van der Waals surface area contributed by atoms with Gasteiger partial charge in [0, 0.05) is 5.69 Å². The van der Waals surface area contributed by atoms with Crippen molar-refractivity contribution in [2.24, 2.45) is 0 Å². The van der Waals surface area contributed by atoms with Crippen LogP contribution >= 0.6 is 0 Å². The number of rotatable bonds is 5. The van der Waals surface area contributed by atoms with E-state index in [1.54, 1.807) is 24.4 Å². The normalized spacial score (nSPS) is 10.7. The van der Waals surface area contributed by atoms with E-state index < -0.39 is 0 Å². The maximum Gasteiger partial charge on any atom is 0.292 e. The van der Waals surface area contributed by atoms with Crippen LogP contribution in [0.5, 0.6) is 0 Å². The van der Waals surface area contributed by atoms with Crippen LogP contribution in [0.4, 0.5) is 17.2 Å². The number of nitrogens with one attached hydrogen (secondary N) is 2. The van der Waals surface area contributed by atoms with Gasteiger partial charge in [-0.2, -0.15) is 0 Å². The maximum atomic E-state index is 12.0. The van der Waals surface area contributed by atoms with E-state index in [0.29, 0.717) is 11.7 Å². The highest BCUT2D eigenvalue weighted by Gasteiger charge is 2.11. The van der Waals surface area contributed by atoms with Gasteiger partial charge in [0.05, 0.1) is 18.1 Å². The zero-order chi connectivity index (χ0) is 17.8. The van der Waals surface area contributed by atoms with Gasteiger partial charge in [0.25, 0.3) is 5.91 Å². The summed E-state index contributed by atoms with van der Waals surface area (Å²) in [6.07, 6.45) is 3.16. The summed E-state index contributed by atoms with van der Waals surface area (Å²) < 4.78 is 5.07. The van der Waals surface area contributed by atoms with Crippen LogP contribution < -0.4 is 10.6 Å². The van der Waals surface area contributed by atoms with E-state index in [9.17, 15) is 4.79 Å². The summed E-state index contributed by atoms with van der Waals surface area (Å²) in [5, 5.41) is 6.14. The quantitative estimate of drug-likeness (QED) is 0.680. The number of carbonyl (C=O) groups is 1. The molecule has 2 N–H and O–H groups in total. The number of aromatic nitrogens is 1. The third-order valence-electron chi connectivity index (χ3n) is 3.95. The van der Waals surface area contributed by atoms with E-state index in [4.69, 9.17) is 4.42 Å². The molecule has 0 atom stereocenters. The first-order valence-corrected chi connectivity index (χ1v) is 8.22. The molecule has 0 saturated heterocycles. The molecule has 2 heterocycles. The van der Waals surface area contributed by atoms with Crippen LogP contribution in [0.3, 0.4) is 0 Å². The van der Waals surface area contributed by atoms with E-state index in [1.165, 1.54) is 17.4 Å². The van der Waals surface area contributed by atoms with E-state index >= 15 is 0 Å². The van der Waals surface area contributed by atoms with Gasteiger partial charge in [-0.3, -0.25) is 4.79 Å². The fourth-order valence-electron chi connectivity index (χ4n) is 2.61. The summed E-state index contributed by atoms with van der Waals surface area (Å²) in [5.41, 5.74) is 4.41. The summed E-state index contributed by atoms with van der Waals surface area (Å²) >= 11 is 0. The van der Waals surface area contributed by atoms with Crippen molar-refractivity contribution in [3.05, 3.63) is 71.8 Å². The Hall–Kier alpha value is -3.08. The highest BCUT2D eigenvalue weighted by Crippen LogP contribution is 2.30. The first-order valence-electron chi connectivity index (χ1n) is 8.22. The average Bonchev–Trinajstić information content (AvgIpc) is 3.13. The van der Waals surface area contributed by atoms with Crippen molar-refractivity contribution in [1.82, 2.24) is 4.98 Å². The van der Waals surface area contributed by atoms with E-state index in [1.807, 2.05) is 6.07 Å². The molecule has 1 aromatic carbocycles. The van der Waals surface area contributed by atoms with Crippen molar-refractivity contribution in [3.63, 3.8) is 0 Å². The molecular weight excluding hydrogens is 314 g/mol. The van der Waals surface area contributed by atoms with Crippen LogP contribution in [-0.2, 0) is 0 Å². The number of amides is 1. The number of para-hydroxylation sites is 1. The number of hydrogen-bond donors (Lipinski definition) is 2. The fourth-order valence-corrected chi connectivity index (χ4v) is 2.61. The molecule has 0 aliphatic rings. The SMILES string of the molecule is Cc1cccc(C(C)C)c1Nc1ccc(NC(=O)c2ccco2)nc1. The number of furan rings is 1. The molecule has 0 unspecified atom stereocenters. The fraction of sp³-hybridized carbons (Fsp3) is 0.200. The average molecular weight is 335 g/mol. The van der Waals surface area contributed by atoms with Crippen LogP contribution in [0.25, 0.3) is 0 Å². The number of benzene rings is 1. The lowest BCUT2D eigenvalue weighted by Gasteiger charge is -2.17. The highest BCUT2D eigenvalue weighted by atomic mass is 16.3. The summed E-state index contributed by atoms with van der Waals surface area (Å²) in [5.74, 6) is 0.827. The van der Waals surface area contributed by atoms with Gasteiger partial charge in [-0.1, -0.05) is 32.0 Å². The number of hydrogen-bond acceptors (Lipinski definition) is 4. The Morgan fingerprint density at radius 2 is 1.96 bits per heavy atom. The molecule has 0 saturated carbocycles. The number of aryl methyl sites for hydroxylation is 1. The second-order valence-electron chi connectivity index (χ2n) is 6.18. The molecule has 3 aromatic rings. The second kappa shape index (κ2) is 7.21. The van der Waals surface area contributed by atoms with Crippen molar-refractivity contribution in [2.75, 3.05) is 10.6 Å². The molecular formula is C20H21N3O2. The van der Waals surface area contributed by atoms with Gasteiger partial charge >= 0.3 is 0 Å². The lowest BCUT2D eigenvalue weighted by atomic mass is 9.98. The van der Waals surface area contributed by atoms with Gasteiger partial charge in [0.2, 0.25) is 0 Å². The van der Waals surface area contributed by atoms with Gasteiger partial charge in [-0.15, -0.1) is 0 Å². The Morgan fingerprint density at radius 3 is 2.60 bits per heavy atom. The monoisotopic (exact) mass is 335 g/mol. The number of nitrogens with zero attached hydrogens (tertiary/aromatic N) is 1. The van der Waals surface area contributed by atoms with Gasteiger partial charge in [-0.25, -0.2) is 4.98 Å². The lowest BCUT2D eigenvalue weighted by Crippen LogP contribution is -2.12. The first-order chi connectivity index (χ1) is 12.0. The molecule has 1 amide bonds. The third-order valence-corrected chi connectivity index (χ3v) is 3.95. The van der Waals surface area contributed by atoms with Crippen LogP contribution in [0.1, 0.15) is 41.4 Å². The van der Waals surface area contributed by atoms with Crippen molar-refractivity contribution in [2.45, 2.75) is 26.7 Å². The van der Waals surface area contributed by atoms with Crippen molar-refractivity contribution in [3.8, 4) is 0 Å². The molecule has 0 aliphatic carbocycles. The van der Waals surface area contributed by atoms with Gasteiger partial charge in [0.1, 0.15) is 5.82 Å². The molecule has 0 radical (unpaired) electrons. The smallest absolute Gasteiger partial charge is 0.292 e. The predicted molar refractivity (Wildman–Crippen MR) is 99.4 cm³/mol. The lowest BCUT2D eigenvalue weighted by molar-refractivity contribution is 0.0996. The number of carbonyl (C=O) groups excluding carboxylic acids is 1. The third kappa shape index (κ3) is 3.88. The minimum atomic E-state index is -0.320. The largest absolute Gasteiger partial charge is 0.459 e. The Bertz CT molecular complexity index is 853. The molecule has 0 fully saturated rings. The molecule has 0 spiro atoms. The molecule has 0 aliphatic heterocycles. The van der Waals surface area contributed by atoms with Gasteiger partial charge < -0.3 is 15.1 Å². The molecule has 5 nitrogen and oxygen atoms in total. The van der Waals surface area contributed by atoms with Crippen LogP contribution in [0, 0.1) is 6.92 Å². The predicted octanol–water partition coefficient (Wildman–Crippen LogP) is 5.10. The molecule has 3 rings (SSSR count). The molecule has 0 bridgehead atoms. The topological polar surface area (TPSA) is 67.2 Å². The first kappa shape index (κ1) is 16.8. The van der Waals surface area contributed by atoms with E-state index in [0.717, 1.165) is 11.4 Å². The summed E-state index contributed by atoms with van der Waals surface area (Å²) in [7, 11) is 0. The molecule has 25 heavy (non-hydrogen) atoms. The van der Waals surface area contributed by atoms with E-state index in [2.05, 4.69) is 54.6 Å². The Labute approximate surface area is 147 Å². The standard InChI is InChI=1S/C20H21N3O2/c1-13(2)16-7-4-6-14(3)19(16)22-15-9-10-18(21-12-15)23-20(24)17-8-5-11-25-17/h4-13,22H,1-3H3,(H,21,23,24). The zero-order valence-electron chi connectivity index (χ0n) is 14.5. The van der Waals surface area contributed by atoms with E-state index in [-0.39, 0.29) is 11.7 Å². The summed E-state index contributed by atoms with van der Waals surface area (Å²) in [6.45, 7) is 6.43. The maximum absolute atomic E-state index is 12.0. The molecule has 5 heteroatoms. The Morgan fingerprint density at radius 1 is 1.12 bits per heavy atom. The number of pyridine rings is 1. The van der Waals surface area contributed by atoms with Crippen molar-refractivity contribution < 1.29 is 9.21 Å². The second-order valence-corrected chi connectivity index (χ2v) is 6.18. The van der Waals surface area contributed by atoms with Gasteiger partial charge in [0.15, 0.2) is 5.76 Å². The van der Waals surface area contributed by atoms with Crippen LogP contribution in [0.15, 0.2) is 59.3 Å². The molecule has 2 aromatic heterocycles. The van der Waals surface area contributed by atoms with Crippen molar-refractivity contribution in [1.29, 1.82) is 0 Å². The van der Waals surface area contributed by atoms with Gasteiger partial charge in [-0.05, 0) is 48.2 Å². The number of anilines is 3. The minimum absolute atomic E-state index is 0.255. The Balaban J connectivity index is 1.74. The Kier molecular flexibility index (Phi) is 4.84. The zero-order valence-corrected chi connectivity index (χ0v) is 14.5. The summed E-state index contributed by atoms with van der Waals surface area (Å²) in [4.78, 5) is 16.2. The minimum Gasteiger partial charge on any atom is -0.459 e. The van der Waals surface area contributed by atoms with Crippen molar-refractivity contribution >= 4 is 23.1 Å². The molecule has 128 valence electrons. The highest BCUT2D eigenvalue weighted by molar-refractivity contribution is 6.01. The van der Waals surface area contributed by atoms with Crippen LogP contribution in [0.2, 0.25) is 0 Å².